The molecule has 134 valence electrons. The number of hydrogen-bond acceptors (Lipinski definition) is 5. The minimum atomic E-state index is -1.89. The number of thiophene rings is 1. The van der Waals surface area contributed by atoms with Gasteiger partial charge in [0.05, 0.1) is 6.61 Å². The quantitative estimate of drug-likeness (QED) is 0.429. The molecule has 4 nitrogen and oxygen atoms in total. The van der Waals surface area contributed by atoms with Crippen molar-refractivity contribution in [1.29, 1.82) is 0 Å². The average Bonchev–Trinajstić information content (AvgIpc) is 2.98. The molecule has 1 aromatic rings. The third-order valence-corrected chi connectivity index (χ3v) is 10.1. The summed E-state index contributed by atoms with van der Waals surface area (Å²) >= 11 is 1.66. The first-order valence-corrected chi connectivity index (χ1v) is 12.1. The Kier molecular flexibility index (Phi) is 6.07. The minimum absolute atomic E-state index is 0.107. The molecule has 3 atom stereocenters. The number of rotatable bonds is 5. The fourth-order valence-electron chi connectivity index (χ4n) is 2.21. The van der Waals surface area contributed by atoms with E-state index in [0.29, 0.717) is 6.61 Å². The monoisotopic (exact) mass is 368 g/mol. The smallest absolute Gasteiger partial charge is 0.303 e. The Bertz CT molecular complexity index is 574. The molecule has 0 amide bonds. The van der Waals surface area contributed by atoms with Crippen molar-refractivity contribution < 1.29 is 18.7 Å². The second-order valence-corrected chi connectivity index (χ2v) is 13.4. The Hall–Kier alpha value is -0.953. The molecular weight excluding hydrogens is 340 g/mol. The number of ether oxygens (including phenoxy) is 2. The van der Waals surface area contributed by atoms with E-state index < -0.39 is 14.4 Å². The van der Waals surface area contributed by atoms with E-state index in [4.69, 9.17) is 13.9 Å². The van der Waals surface area contributed by atoms with Crippen LogP contribution in [0.1, 0.15) is 38.7 Å². The maximum Gasteiger partial charge on any atom is 0.303 e. The fraction of sp³-hybridized carbons (Fsp3) is 0.611. The molecule has 0 fully saturated rings. The van der Waals surface area contributed by atoms with Crippen molar-refractivity contribution in [2.75, 3.05) is 6.61 Å². The van der Waals surface area contributed by atoms with Crippen LogP contribution in [0.5, 0.6) is 0 Å². The molecule has 1 aromatic heterocycles. The largest absolute Gasteiger partial charge is 0.455 e. The van der Waals surface area contributed by atoms with Gasteiger partial charge in [-0.3, -0.25) is 4.79 Å². The maximum atomic E-state index is 11.4. The molecule has 0 N–H and O–H groups in total. The number of hydrogen-bond donors (Lipinski definition) is 0. The van der Waals surface area contributed by atoms with E-state index in [2.05, 4.69) is 39.9 Å². The van der Waals surface area contributed by atoms with E-state index in [9.17, 15) is 4.79 Å². The van der Waals surface area contributed by atoms with Crippen LogP contribution in [0.2, 0.25) is 18.1 Å². The highest BCUT2D eigenvalue weighted by Crippen LogP contribution is 2.37. The Morgan fingerprint density at radius 1 is 1.33 bits per heavy atom. The summed E-state index contributed by atoms with van der Waals surface area (Å²) in [5.41, 5.74) is 0. The van der Waals surface area contributed by atoms with Crippen LogP contribution in [0.4, 0.5) is 0 Å². The zero-order valence-corrected chi connectivity index (χ0v) is 17.2. The summed E-state index contributed by atoms with van der Waals surface area (Å²) in [5, 5.41) is 2.16. The van der Waals surface area contributed by atoms with Crippen LogP contribution in [0, 0.1) is 0 Å². The van der Waals surface area contributed by atoms with Crippen molar-refractivity contribution in [1.82, 2.24) is 0 Å². The zero-order valence-electron chi connectivity index (χ0n) is 15.4. The van der Waals surface area contributed by atoms with E-state index in [1.54, 1.807) is 11.3 Å². The second-order valence-electron chi connectivity index (χ2n) is 7.64. The highest BCUT2D eigenvalue weighted by molar-refractivity contribution is 7.10. The molecule has 0 aliphatic carbocycles. The van der Waals surface area contributed by atoms with Crippen LogP contribution >= 0.6 is 11.3 Å². The van der Waals surface area contributed by atoms with E-state index >= 15 is 0 Å². The molecule has 2 rings (SSSR count). The van der Waals surface area contributed by atoms with Gasteiger partial charge in [0.25, 0.3) is 0 Å². The van der Waals surface area contributed by atoms with Crippen LogP contribution in [-0.4, -0.2) is 33.1 Å². The van der Waals surface area contributed by atoms with E-state index in [-0.39, 0.29) is 23.2 Å². The first-order chi connectivity index (χ1) is 11.1. The summed E-state index contributed by atoms with van der Waals surface area (Å²) in [6.07, 6.45) is 3.09. The summed E-state index contributed by atoms with van der Waals surface area (Å²) < 4.78 is 17.9. The van der Waals surface area contributed by atoms with Crippen LogP contribution in [0.15, 0.2) is 29.7 Å². The molecule has 6 heteroatoms. The van der Waals surface area contributed by atoms with E-state index in [1.165, 1.54) is 6.92 Å². The van der Waals surface area contributed by atoms with Gasteiger partial charge in [0.1, 0.15) is 18.3 Å². The molecule has 0 aromatic carbocycles. The SMILES string of the molecule is CC(=O)O[C@H]1C=C[C@@H](c2cccs2)O[C@@H]1CO[Si](C)(C)C(C)(C)C. The predicted molar refractivity (Wildman–Crippen MR) is 99.8 cm³/mol. The van der Waals surface area contributed by atoms with Crippen molar-refractivity contribution in [2.45, 2.75) is 64.1 Å². The lowest BCUT2D eigenvalue weighted by molar-refractivity contribution is -0.156. The van der Waals surface area contributed by atoms with Crippen LogP contribution in [0.25, 0.3) is 0 Å². The maximum absolute atomic E-state index is 11.4. The van der Waals surface area contributed by atoms with Gasteiger partial charge in [-0.1, -0.05) is 32.9 Å². The Balaban J connectivity index is 2.10. The standard InChI is InChI=1S/C18H28O4SSi/c1-13(19)21-14-9-10-15(17-8-7-11-23-17)22-16(14)12-20-24(5,6)18(2,3)4/h7-11,14-16H,12H2,1-6H3/t14-,15-,16+/m0/s1. The molecule has 0 bridgehead atoms. The second kappa shape index (κ2) is 7.52. The molecule has 1 aliphatic rings. The fourth-order valence-corrected chi connectivity index (χ4v) is 3.96. The average molecular weight is 369 g/mol. The van der Waals surface area contributed by atoms with Crippen molar-refractivity contribution in [3.63, 3.8) is 0 Å². The van der Waals surface area contributed by atoms with Gasteiger partial charge in [0, 0.05) is 11.8 Å². The summed E-state index contributed by atoms with van der Waals surface area (Å²) in [4.78, 5) is 12.5. The van der Waals surface area contributed by atoms with E-state index in [0.717, 1.165) is 4.88 Å². The molecule has 24 heavy (non-hydrogen) atoms. The highest BCUT2D eigenvalue weighted by Gasteiger charge is 2.39. The number of esters is 1. The summed E-state index contributed by atoms with van der Waals surface area (Å²) in [5.74, 6) is -0.305. The lowest BCUT2D eigenvalue weighted by atomic mass is 10.1. The lowest BCUT2D eigenvalue weighted by Crippen LogP contribution is -2.46. The normalized spacial score (nSPS) is 24.8. The lowest BCUT2D eigenvalue weighted by Gasteiger charge is -2.39. The first kappa shape index (κ1) is 19.4. The third kappa shape index (κ3) is 4.78. The molecule has 0 unspecified atom stereocenters. The molecule has 0 saturated heterocycles. The molecule has 2 heterocycles. The van der Waals surface area contributed by atoms with Gasteiger partial charge in [-0.15, -0.1) is 11.3 Å². The first-order valence-electron chi connectivity index (χ1n) is 8.28. The van der Waals surface area contributed by atoms with Crippen LogP contribution < -0.4 is 0 Å². The molecule has 0 radical (unpaired) electrons. The van der Waals surface area contributed by atoms with E-state index in [1.807, 2.05) is 23.6 Å². The minimum Gasteiger partial charge on any atom is -0.455 e. The molecular formula is C18H28O4SSi. The zero-order chi connectivity index (χ0) is 18.0. The highest BCUT2D eigenvalue weighted by atomic mass is 32.1. The van der Waals surface area contributed by atoms with Crippen molar-refractivity contribution >= 4 is 25.6 Å². The van der Waals surface area contributed by atoms with Crippen LogP contribution in [-0.2, 0) is 18.7 Å². The summed E-state index contributed by atoms with van der Waals surface area (Å²) in [6.45, 7) is 12.9. The van der Waals surface area contributed by atoms with Gasteiger partial charge in [-0.2, -0.15) is 0 Å². The number of carbonyl (C=O) groups excluding carboxylic acids is 1. The third-order valence-electron chi connectivity index (χ3n) is 4.70. The Morgan fingerprint density at radius 3 is 2.58 bits per heavy atom. The van der Waals surface area contributed by atoms with Gasteiger partial charge in [-0.25, -0.2) is 0 Å². The van der Waals surface area contributed by atoms with Gasteiger partial charge in [0.15, 0.2) is 8.32 Å². The summed E-state index contributed by atoms with van der Waals surface area (Å²) in [7, 11) is -1.89. The van der Waals surface area contributed by atoms with Gasteiger partial charge >= 0.3 is 5.97 Å². The van der Waals surface area contributed by atoms with Gasteiger partial charge in [-0.05, 0) is 35.7 Å². The summed E-state index contributed by atoms with van der Waals surface area (Å²) in [6, 6.07) is 4.06. The molecule has 0 spiro atoms. The van der Waals surface area contributed by atoms with Gasteiger partial charge < -0.3 is 13.9 Å². The predicted octanol–water partition coefficient (Wildman–Crippen LogP) is 4.70. The Morgan fingerprint density at radius 2 is 2.04 bits per heavy atom. The number of carbonyl (C=O) groups is 1. The van der Waals surface area contributed by atoms with Crippen molar-refractivity contribution in [2.24, 2.45) is 0 Å². The van der Waals surface area contributed by atoms with Crippen molar-refractivity contribution in [3.8, 4) is 0 Å². The molecule has 1 aliphatic heterocycles. The molecule has 0 saturated carbocycles. The Labute approximate surface area is 149 Å². The topological polar surface area (TPSA) is 44.8 Å². The van der Waals surface area contributed by atoms with Crippen molar-refractivity contribution in [3.05, 3.63) is 34.5 Å². The van der Waals surface area contributed by atoms with Gasteiger partial charge in [0.2, 0.25) is 0 Å². The van der Waals surface area contributed by atoms with Crippen LogP contribution in [0.3, 0.4) is 0 Å².